The van der Waals surface area contributed by atoms with Gasteiger partial charge in [0.2, 0.25) is 11.9 Å². The van der Waals surface area contributed by atoms with E-state index in [9.17, 15) is 0 Å². The molecule has 1 aromatic carbocycles. The number of nitrogens with zero attached hydrogens (tertiary/aromatic N) is 4. The van der Waals surface area contributed by atoms with Gasteiger partial charge in [0.15, 0.2) is 5.16 Å². The third kappa shape index (κ3) is 3.83. The van der Waals surface area contributed by atoms with E-state index >= 15 is 0 Å². The molecule has 20 heavy (non-hydrogen) atoms. The van der Waals surface area contributed by atoms with E-state index < -0.39 is 0 Å². The molecule has 2 rings (SSSR count). The van der Waals surface area contributed by atoms with Crippen molar-refractivity contribution in [1.29, 1.82) is 0 Å². The molecule has 1 aromatic heterocycles. The van der Waals surface area contributed by atoms with Crippen molar-refractivity contribution in [2.45, 2.75) is 17.0 Å². The number of hydrogen-bond acceptors (Lipinski definition) is 6. The Balaban J connectivity index is 2.33. The molecule has 0 aliphatic rings. The summed E-state index contributed by atoms with van der Waals surface area (Å²) in [5.74, 6) is 1.24. The van der Waals surface area contributed by atoms with Crippen LogP contribution in [0.3, 0.4) is 0 Å². The lowest BCUT2D eigenvalue weighted by atomic mass is 10.4. The molecule has 0 amide bonds. The number of aromatic nitrogens is 3. The molecule has 2 aromatic rings. The van der Waals surface area contributed by atoms with E-state index in [1.165, 1.54) is 11.8 Å². The van der Waals surface area contributed by atoms with Crippen LogP contribution in [0.25, 0.3) is 0 Å². The highest BCUT2D eigenvalue weighted by Crippen LogP contribution is 2.32. The summed E-state index contributed by atoms with van der Waals surface area (Å²) >= 11 is 5.04. The predicted molar refractivity (Wildman–Crippen MR) is 86.6 cm³/mol. The van der Waals surface area contributed by atoms with E-state index in [0.29, 0.717) is 17.1 Å². The average molecular weight is 354 g/mol. The maximum absolute atomic E-state index is 4.46. The maximum atomic E-state index is 4.46. The zero-order valence-corrected chi connectivity index (χ0v) is 14.0. The third-order valence-corrected chi connectivity index (χ3v) is 4.27. The van der Waals surface area contributed by atoms with E-state index in [1.807, 2.05) is 50.2 Å². The number of benzene rings is 1. The Bertz CT molecular complexity index is 591. The van der Waals surface area contributed by atoms with Gasteiger partial charge in [-0.2, -0.15) is 15.0 Å². The molecule has 0 spiro atoms. The first kappa shape index (κ1) is 15.1. The molecule has 106 valence electrons. The molecule has 7 heteroatoms. The van der Waals surface area contributed by atoms with E-state index in [2.05, 4.69) is 36.2 Å². The van der Waals surface area contributed by atoms with Gasteiger partial charge in [0.25, 0.3) is 0 Å². The average Bonchev–Trinajstić information content (AvgIpc) is 2.41. The van der Waals surface area contributed by atoms with Gasteiger partial charge in [-0.3, -0.25) is 0 Å². The molecule has 1 heterocycles. The van der Waals surface area contributed by atoms with Crippen molar-refractivity contribution in [3.8, 4) is 0 Å². The highest BCUT2D eigenvalue weighted by atomic mass is 79.9. The molecule has 0 unspecified atom stereocenters. The molecule has 0 saturated heterocycles. The lowest BCUT2D eigenvalue weighted by Crippen LogP contribution is -2.15. The molecular formula is C13H16BrN5S. The van der Waals surface area contributed by atoms with Crippen LogP contribution in [0.2, 0.25) is 0 Å². The van der Waals surface area contributed by atoms with Crippen molar-refractivity contribution >= 4 is 39.6 Å². The van der Waals surface area contributed by atoms with Gasteiger partial charge in [-0.15, -0.1) is 0 Å². The minimum Gasteiger partial charge on any atom is -0.354 e. The Morgan fingerprint density at radius 3 is 2.60 bits per heavy atom. The van der Waals surface area contributed by atoms with Gasteiger partial charge in [0, 0.05) is 30.0 Å². The number of halogens is 1. The summed E-state index contributed by atoms with van der Waals surface area (Å²) in [7, 11) is 3.83. The molecule has 0 aliphatic heterocycles. The first-order chi connectivity index (χ1) is 9.60. The SMILES string of the molecule is CCNc1nc(Sc2ccccc2Br)nc(N(C)C)n1. The Morgan fingerprint density at radius 1 is 1.20 bits per heavy atom. The van der Waals surface area contributed by atoms with Gasteiger partial charge in [0.1, 0.15) is 0 Å². The molecule has 0 atom stereocenters. The molecular weight excluding hydrogens is 338 g/mol. The van der Waals surface area contributed by atoms with Crippen LogP contribution in [0.15, 0.2) is 38.8 Å². The highest BCUT2D eigenvalue weighted by molar-refractivity contribution is 9.10. The van der Waals surface area contributed by atoms with Crippen LogP contribution in [-0.2, 0) is 0 Å². The van der Waals surface area contributed by atoms with Crippen LogP contribution in [0.1, 0.15) is 6.92 Å². The van der Waals surface area contributed by atoms with Crippen LogP contribution < -0.4 is 10.2 Å². The molecule has 0 saturated carbocycles. The minimum atomic E-state index is 0.598. The second kappa shape index (κ2) is 6.90. The van der Waals surface area contributed by atoms with Gasteiger partial charge in [-0.1, -0.05) is 12.1 Å². The monoisotopic (exact) mass is 353 g/mol. The normalized spacial score (nSPS) is 10.4. The van der Waals surface area contributed by atoms with Crippen LogP contribution in [0.5, 0.6) is 0 Å². The summed E-state index contributed by atoms with van der Waals surface area (Å²) in [4.78, 5) is 16.2. The van der Waals surface area contributed by atoms with Gasteiger partial charge in [-0.05, 0) is 46.7 Å². The lowest BCUT2D eigenvalue weighted by Gasteiger charge is -2.13. The molecule has 5 nitrogen and oxygen atoms in total. The van der Waals surface area contributed by atoms with Crippen molar-refractivity contribution in [2.75, 3.05) is 30.9 Å². The van der Waals surface area contributed by atoms with Crippen LogP contribution in [0.4, 0.5) is 11.9 Å². The fraction of sp³-hybridized carbons (Fsp3) is 0.308. The van der Waals surface area contributed by atoms with Crippen LogP contribution in [-0.4, -0.2) is 35.6 Å². The number of rotatable bonds is 5. The van der Waals surface area contributed by atoms with Gasteiger partial charge >= 0.3 is 0 Å². The molecule has 0 aliphatic carbocycles. The zero-order chi connectivity index (χ0) is 14.5. The standard InChI is InChI=1S/C13H16BrN5S/c1-4-15-11-16-12(19(2)3)18-13(17-11)20-10-8-6-5-7-9(10)14/h5-8H,4H2,1-3H3,(H,15,16,17,18). The van der Waals surface area contributed by atoms with Crippen molar-refractivity contribution in [3.05, 3.63) is 28.7 Å². The Hall–Kier alpha value is -1.34. The number of nitrogens with one attached hydrogen (secondary N) is 1. The predicted octanol–water partition coefficient (Wildman–Crippen LogP) is 3.28. The Morgan fingerprint density at radius 2 is 1.95 bits per heavy atom. The zero-order valence-electron chi connectivity index (χ0n) is 11.6. The van der Waals surface area contributed by atoms with Gasteiger partial charge in [0.05, 0.1) is 0 Å². The molecule has 0 radical (unpaired) electrons. The van der Waals surface area contributed by atoms with Crippen molar-refractivity contribution in [3.63, 3.8) is 0 Å². The van der Waals surface area contributed by atoms with Crippen molar-refractivity contribution < 1.29 is 0 Å². The fourth-order valence-corrected chi connectivity index (χ4v) is 2.75. The second-order valence-corrected chi connectivity index (χ2v) is 6.06. The number of anilines is 2. The Kier molecular flexibility index (Phi) is 5.19. The topological polar surface area (TPSA) is 53.9 Å². The first-order valence-corrected chi connectivity index (χ1v) is 7.80. The first-order valence-electron chi connectivity index (χ1n) is 6.19. The molecule has 0 bridgehead atoms. The van der Waals surface area contributed by atoms with Crippen molar-refractivity contribution in [1.82, 2.24) is 15.0 Å². The van der Waals surface area contributed by atoms with E-state index in [0.717, 1.165) is 15.9 Å². The summed E-state index contributed by atoms with van der Waals surface area (Å²) in [6, 6.07) is 8.01. The van der Waals surface area contributed by atoms with Crippen LogP contribution in [0, 0.1) is 0 Å². The summed E-state index contributed by atoms with van der Waals surface area (Å²) in [6.07, 6.45) is 0. The smallest absolute Gasteiger partial charge is 0.230 e. The van der Waals surface area contributed by atoms with Gasteiger partial charge < -0.3 is 10.2 Å². The quantitative estimate of drug-likeness (QED) is 0.889. The fourth-order valence-electron chi connectivity index (χ4n) is 1.45. The summed E-state index contributed by atoms with van der Waals surface area (Å²) < 4.78 is 1.03. The lowest BCUT2D eigenvalue weighted by molar-refractivity contribution is 0.863. The van der Waals surface area contributed by atoms with Crippen molar-refractivity contribution in [2.24, 2.45) is 0 Å². The third-order valence-electron chi connectivity index (χ3n) is 2.38. The summed E-state index contributed by atoms with van der Waals surface area (Å²) in [5.41, 5.74) is 0. The summed E-state index contributed by atoms with van der Waals surface area (Å²) in [5, 5.41) is 3.80. The molecule has 1 N–H and O–H groups in total. The number of hydrogen-bond donors (Lipinski definition) is 1. The summed E-state index contributed by atoms with van der Waals surface area (Å²) in [6.45, 7) is 2.79. The van der Waals surface area contributed by atoms with E-state index in [-0.39, 0.29) is 0 Å². The van der Waals surface area contributed by atoms with E-state index in [1.54, 1.807) is 0 Å². The highest BCUT2D eigenvalue weighted by Gasteiger charge is 2.10. The van der Waals surface area contributed by atoms with E-state index in [4.69, 9.17) is 0 Å². The van der Waals surface area contributed by atoms with Crippen LogP contribution >= 0.6 is 27.7 Å². The Labute approximate surface area is 131 Å². The maximum Gasteiger partial charge on any atom is 0.230 e. The molecule has 0 fully saturated rings. The second-order valence-electron chi connectivity index (χ2n) is 4.20. The minimum absolute atomic E-state index is 0.598. The largest absolute Gasteiger partial charge is 0.354 e. The van der Waals surface area contributed by atoms with Gasteiger partial charge in [-0.25, -0.2) is 0 Å².